The Balaban J connectivity index is 1.94. The number of aryl methyl sites for hydroxylation is 1. The predicted octanol–water partition coefficient (Wildman–Crippen LogP) is 4.32. The summed E-state index contributed by atoms with van der Waals surface area (Å²) in [5, 5.41) is 3.25. The minimum absolute atomic E-state index is 0.0104. The molecular weight excluding hydrogens is 340 g/mol. The highest BCUT2D eigenvalue weighted by Gasteiger charge is 2.29. The Labute approximate surface area is 163 Å². The highest BCUT2D eigenvalue weighted by Crippen LogP contribution is 2.25. The molecule has 1 heterocycles. The fourth-order valence-corrected chi connectivity index (χ4v) is 3.63. The van der Waals surface area contributed by atoms with Crippen LogP contribution in [0.4, 0.5) is 4.79 Å². The number of ether oxygens (including phenoxy) is 1. The molecule has 0 bridgehead atoms. The van der Waals surface area contributed by atoms with Crippen LogP contribution in [0, 0.1) is 11.8 Å². The third-order valence-electron chi connectivity index (χ3n) is 5.23. The molecule has 1 aromatic carbocycles. The van der Waals surface area contributed by atoms with Gasteiger partial charge in [-0.2, -0.15) is 0 Å². The van der Waals surface area contributed by atoms with Gasteiger partial charge in [0, 0.05) is 19.0 Å². The molecule has 1 aliphatic rings. The minimum Gasteiger partial charge on any atom is -0.450 e. The Bertz CT molecular complexity index is 604. The van der Waals surface area contributed by atoms with E-state index in [2.05, 4.69) is 50.4 Å². The normalized spacial score (nSPS) is 16.3. The van der Waals surface area contributed by atoms with Gasteiger partial charge in [-0.05, 0) is 43.2 Å². The van der Waals surface area contributed by atoms with Gasteiger partial charge in [0.05, 0.1) is 12.6 Å². The van der Waals surface area contributed by atoms with Gasteiger partial charge in [-0.3, -0.25) is 4.79 Å². The molecule has 0 spiro atoms. The maximum absolute atomic E-state index is 12.8. The molecule has 0 aromatic heterocycles. The first-order valence-electron chi connectivity index (χ1n) is 10.3. The van der Waals surface area contributed by atoms with Gasteiger partial charge in [0.25, 0.3) is 0 Å². The van der Waals surface area contributed by atoms with Crippen LogP contribution in [0.3, 0.4) is 0 Å². The molecule has 1 aromatic rings. The van der Waals surface area contributed by atoms with Crippen molar-refractivity contribution in [3.05, 3.63) is 35.4 Å². The van der Waals surface area contributed by atoms with Gasteiger partial charge in [-0.1, -0.05) is 51.5 Å². The van der Waals surface area contributed by atoms with E-state index in [4.69, 9.17) is 4.74 Å². The SMILES string of the molecule is CCCc1ccc(C(NC(=O)C2CCN(C(=O)OCC)CC2)C(C)C)cc1. The van der Waals surface area contributed by atoms with Crippen molar-refractivity contribution in [2.75, 3.05) is 19.7 Å². The number of rotatable bonds is 7. The van der Waals surface area contributed by atoms with E-state index < -0.39 is 0 Å². The Kier molecular flexibility index (Phi) is 8.14. The Morgan fingerprint density at radius 3 is 2.30 bits per heavy atom. The molecule has 1 aliphatic heterocycles. The quantitative estimate of drug-likeness (QED) is 0.773. The van der Waals surface area contributed by atoms with E-state index in [-0.39, 0.29) is 24.0 Å². The molecule has 2 amide bonds. The molecule has 2 rings (SSSR count). The van der Waals surface area contributed by atoms with Crippen molar-refractivity contribution in [2.45, 2.75) is 59.4 Å². The Hall–Kier alpha value is -2.04. The summed E-state index contributed by atoms with van der Waals surface area (Å²) in [7, 11) is 0. The molecule has 1 N–H and O–H groups in total. The van der Waals surface area contributed by atoms with Crippen molar-refractivity contribution < 1.29 is 14.3 Å². The average molecular weight is 375 g/mol. The summed E-state index contributed by atoms with van der Waals surface area (Å²) in [6.07, 6.45) is 3.31. The summed E-state index contributed by atoms with van der Waals surface area (Å²) in [4.78, 5) is 26.3. The zero-order valence-corrected chi connectivity index (χ0v) is 17.2. The van der Waals surface area contributed by atoms with Crippen LogP contribution in [-0.2, 0) is 16.0 Å². The number of likely N-dealkylation sites (tertiary alicyclic amines) is 1. The monoisotopic (exact) mass is 374 g/mol. The van der Waals surface area contributed by atoms with Gasteiger partial charge >= 0.3 is 6.09 Å². The van der Waals surface area contributed by atoms with Crippen LogP contribution in [0.5, 0.6) is 0 Å². The van der Waals surface area contributed by atoms with Crippen molar-refractivity contribution in [3.63, 3.8) is 0 Å². The largest absolute Gasteiger partial charge is 0.450 e. The van der Waals surface area contributed by atoms with Crippen LogP contribution in [0.15, 0.2) is 24.3 Å². The van der Waals surface area contributed by atoms with Crippen molar-refractivity contribution >= 4 is 12.0 Å². The van der Waals surface area contributed by atoms with E-state index in [9.17, 15) is 9.59 Å². The first-order chi connectivity index (χ1) is 13.0. The Morgan fingerprint density at radius 1 is 1.15 bits per heavy atom. The molecule has 1 atom stereocenters. The standard InChI is InChI=1S/C22H34N2O3/c1-5-7-17-8-10-18(11-9-17)20(16(3)4)23-21(25)19-12-14-24(15-13-19)22(26)27-6-2/h8-11,16,19-20H,5-7,12-15H2,1-4H3,(H,23,25). The maximum Gasteiger partial charge on any atom is 0.409 e. The lowest BCUT2D eigenvalue weighted by atomic mass is 9.91. The fourth-order valence-electron chi connectivity index (χ4n) is 3.63. The summed E-state index contributed by atoms with van der Waals surface area (Å²) in [5.41, 5.74) is 2.49. The first kappa shape index (κ1) is 21.3. The molecule has 0 aliphatic carbocycles. The van der Waals surface area contributed by atoms with Crippen LogP contribution >= 0.6 is 0 Å². The second-order valence-corrected chi connectivity index (χ2v) is 7.68. The third-order valence-corrected chi connectivity index (χ3v) is 5.23. The number of hydrogen-bond donors (Lipinski definition) is 1. The van der Waals surface area contributed by atoms with Gasteiger partial charge in [-0.15, -0.1) is 0 Å². The van der Waals surface area contributed by atoms with Crippen molar-refractivity contribution in [1.29, 1.82) is 0 Å². The number of carbonyl (C=O) groups excluding carboxylic acids is 2. The number of amides is 2. The number of piperidine rings is 1. The topological polar surface area (TPSA) is 58.6 Å². The lowest BCUT2D eigenvalue weighted by Crippen LogP contribution is -2.44. The Morgan fingerprint density at radius 2 is 1.78 bits per heavy atom. The molecule has 0 saturated carbocycles. The minimum atomic E-state index is -0.274. The van der Waals surface area contributed by atoms with E-state index >= 15 is 0 Å². The van der Waals surface area contributed by atoms with E-state index in [0.717, 1.165) is 18.4 Å². The van der Waals surface area contributed by atoms with E-state index in [1.54, 1.807) is 11.8 Å². The predicted molar refractivity (Wildman–Crippen MR) is 107 cm³/mol. The van der Waals surface area contributed by atoms with E-state index in [1.165, 1.54) is 5.56 Å². The molecule has 1 fully saturated rings. The molecule has 1 saturated heterocycles. The first-order valence-corrected chi connectivity index (χ1v) is 10.3. The van der Waals surface area contributed by atoms with Crippen LogP contribution in [-0.4, -0.2) is 36.6 Å². The number of carbonyl (C=O) groups is 2. The molecule has 5 nitrogen and oxygen atoms in total. The molecule has 0 radical (unpaired) electrons. The fraction of sp³-hybridized carbons (Fsp3) is 0.636. The van der Waals surface area contributed by atoms with Gasteiger partial charge in [0.2, 0.25) is 5.91 Å². The van der Waals surface area contributed by atoms with Crippen LogP contribution < -0.4 is 5.32 Å². The van der Waals surface area contributed by atoms with Crippen molar-refractivity contribution in [3.8, 4) is 0 Å². The van der Waals surface area contributed by atoms with Crippen molar-refractivity contribution in [2.24, 2.45) is 11.8 Å². The van der Waals surface area contributed by atoms with Gasteiger partial charge in [0.1, 0.15) is 0 Å². The number of nitrogens with zero attached hydrogens (tertiary/aromatic N) is 1. The summed E-state index contributed by atoms with van der Waals surface area (Å²) < 4.78 is 5.04. The summed E-state index contributed by atoms with van der Waals surface area (Å²) in [6, 6.07) is 8.62. The van der Waals surface area contributed by atoms with Gasteiger partial charge in [0.15, 0.2) is 0 Å². The second kappa shape index (κ2) is 10.3. The average Bonchev–Trinajstić information content (AvgIpc) is 2.67. The maximum atomic E-state index is 12.8. The second-order valence-electron chi connectivity index (χ2n) is 7.68. The smallest absolute Gasteiger partial charge is 0.409 e. The van der Waals surface area contributed by atoms with Crippen LogP contribution in [0.25, 0.3) is 0 Å². The molecular formula is C22H34N2O3. The lowest BCUT2D eigenvalue weighted by molar-refractivity contribution is -0.127. The van der Waals surface area contributed by atoms with Gasteiger partial charge in [-0.25, -0.2) is 4.79 Å². The number of nitrogens with one attached hydrogen (secondary N) is 1. The van der Waals surface area contributed by atoms with Gasteiger partial charge < -0.3 is 15.0 Å². The van der Waals surface area contributed by atoms with Crippen LogP contribution in [0.2, 0.25) is 0 Å². The number of hydrogen-bond acceptors (Lipinski definition) is 3. The highest BCUT2D eigenvalue weighted by atomic mass is 16.6. The zero-order valence-electron chi connectivity index (χ0n) is 17.2. The molecule has 27 heavy (non-hydrogen) atoms. The summed E-state index contributed by atoms with van der Waals surface area (Å²) in [5.74, 6) is 0.358. The highest BCUT2D eigenvalue weighted by molar-refractivity contribution is 5.79. The van der Waals surface area contributed by atoms with E-state index in [0.29, 0.717) is 38.5 Å². The zero-order chi connectivity index (χ0) is 19.8. The number of benzene rings is 1. The van der Waals surface area contributed by atoms with E-state index in [1.807, 2.05) is 0 Å². The lowest BCUT2D eigenvalue weighted by Gasteiger charge is -2.32. The van der Waals surface area contributed by atoms with Crippen molar-refractivity contribution in [1.82, 2.24) is 10.2 Å². The molecule has 1 unspecified atom stereocenters. The summed E-state index contributed by atoms with van der Waals surface area (Å²) in [6.45, 7) is 9.79. The molecule has 5 heteroatoms. The van der Waals surface area contributed by atoms with Crippen LogP contribution in [0.1, 0.15) is 64.1 Å². The summed E-state index contributed by atoms with van der Waals surface area (Å²) >= 11 is 0. The molecule has 150 valence electrons. The third kappa shape index (κ3) is 5.98.